The second-order valence-corrected chi connectivity index (χ2v) is 2.19. The molecule has 0 aliphatic rings. The summed E-state index contributed by atoms with van der Waals surface area (Å²) in [5.74, 6) is 0.305. The van der Waals surface area contributed by atoms with Crippen LogP contribution in [-0.4, -0.2) is 16.2 Å². The van der Waals surface area contributed by atoms with Gasteiger partial charge in [-0.05, 0) is 11.6 Å². The molecule has 0 radical (unpaired) electrons. The Morgan fingerprint density at radius 1 is 1.50 bits per heavy atom. The van der Waals surface area contributed by atoms with Crippen LogP contribution in [0.4, 0.5) is 10.6 Å². The molecule has 1 heterocycles. The summed E-state index contributed by atoms with van der Waals surface area (Å²) in [5, 5.41) is 10.4. The number of nitrogens with zero attached hydrogens (tertiary/aromatic N) is 1. The third-order valence-electron chi connectivity index (χ3n) is 1.30. The number of rotatable bonds is 2. The zero-order valence-corrected chi connectivity index (χ0v) is 8.77. The summed E-state index contributed by atoms with van der Waals surface area (Å²) in [7, 11) is 0. The van der Waals surface area contributed by atoms with Gasteiger partial charge in [-0.3, -0.25) is 5.32 Å². The lowest BCUT2D eigenvalue weighted by atomic mass is 10.3. The van der Waals surface area contributed by atoms with Crippen LogP contribution >= 0.6 is 24.8 Å². The molecule has 4 N–H and O–H groups in total. The number of carboxylic acid groups (broad SMARTS) is 1. The largest absolute Gasteiger partial charge is 0.465 e. The molecule has 14 heavy (non-hydrogen) atoms. The zero-order chi connectivity index (χ0) is 8.97. The molecule has 0 bridgehead atoms. The van der Waals surface area contributed by atoms with Gasteiger partial charge in [0.1, 0.15) is 5.82 Å². The first-order valence-corrected chi connectivity index (χ1v) is 3.37. The molecule has 0 fully saturated rings. The molecule has 80 valence electrons. The fraction of sp³-hybridized carbons (Fsp3) is 0.143. The van der Waals surface area contributed by atoms with Gasteiger partial charge >= 0.3 is 6.09 Å². The van der Waals surface area contributed by atoms with E-state index < -0.39 is 6.09 Å². The molecule has 0 saturated heterocycles. The second kappa shape index (κ2) is 7.37. The Hall–Kier alpha value is -1.04. The zero-order valence-electron chi connectivity index (χ0n) is 7.14. The molecule has 0 aromatic carbocycles. The van der Waals surface area contributed by atoms with Crippen molar-refractivity contribution in [3.8, 4) is 0 Å². The first-order valence-electron chi connectivity index (χ1n) is 3.37. The van der Waals surface area contributed by atoms with Crippen molar-refractivity contribution in [2.75, 3.05) is 5.32 Å². The SMILES string of the molecule is Cl.Cl.NCc1ccc(NC(=O)O)nc1. The maximum absolute atomic E-state index is 10.1. The van der Waals surface area contributed by atoms with Crippen molar-refractivity contribution in [3.05, 3.63) is 23.9 Å². The highest BCUT2D eigenvalue weighted by molar-refractivity contribution is 5.85. The Kier molecular flexibility index (Phi) is 8.13. The Morgan fingerprint density at radius 3 is 2.50 bits per heavy atom. The maximum Gasteiger partial charge on any atom is 0.410 e. The maximum atomic E-state index is 10.1. The molecule has 1 aromatic rings. The van der Waals surface area contributed by atoms with Gasteiger partial charge in [-0.15, -0.1) is 24.8 Å². The van der Waals surface area contributed by atoms with E-state index >= 15 is 0 Å². The lowest BCUT2D eigenvalue weighted by Crippen LogP contribution is -2.08. The van der Waals surface area contributed by atoms with Crippen LogP contribution in [0, 0.1) is 0 Å². The van der Waals surface area contributed by atoms with Crippen LogP contribution < -0.4 is 11.1 Å². The summed E-state index contributed by atoms with van der Waals surface area (Å²) in [5.41, 5.74) is 6.19. The normalized spacial score (nSPS) is 8.07. The van der Waals surface area contributed by atoms with Crippen LogP contribution in [0.5, 0.6) is 0 Å². The number of nitrogens with one attached hydrogen (secondary N) is 1. The van der Waals surface area contributed by atoms with E-state index in [-0.39, 0.29) is 24.8 Å². The topological polar surface area (TPSA) is 88.2 Å². The van der Waals surface area contributed by atoms with Gasteiger partial charge in [0.2, 0.25) is 0 Å². The van der Waals surface area contributed by atoms with Gasteiger partial charge in [0.15, 0.2) is 0 Å². The highest BCUT2D eigenvalue weighted by Gasteiger charge is 1.97. The van der Waals surface area contributed by atoms with E-state index in [4.69, 9.17) is 10.8 Å². The Labute approximate surface area is 93.5 Å². The summed E-state index contributed by atoms with van der Waals surface area (Å²) in [4.78, 5) is 14.0. The molecular formula is C7H11Cl2N3O2. The van der Waals surface area contributed by atoms with Gasteiger partial charge in [-0.1, -0.05) is 6.07 Å². The summed E-state index contributed by atoms with van der Waals surface area (Å²) in [6, 6.07) is 3.29. The fourth-order valence-electron chi connectivity index (χ4n) is 0.729. The lowest BCUT2D eigenvalue weighted by molar-refractivity contribution is 0.209. The van der Waals surface area contributed by atoms with Gasteiger partial charge in [-0.2, -0.15) is 0 Å². The average Bonchev–Trinajstić information content (AvgIpc) is 2.05. The van der Waals surface area contributed by atoms with Crippen molar-refractivity contribution in [1.29, 1.82) is 0 Å². The van der Waals surface area contributed by atoms with E-state index in [1.807, 2.05) is 0 Å². The number of aromatic nitrogens is 1. The van der Waals surface area contributed by atoms with Crippen molar-refractivity contribution in [1.82, 2.24) is 4.98 Å². The van der Waals surface area contributed by atoms with Crippen molar-refractivity contribution >= 4 is 36.7 Å². The molecule has 0 unspecified atom stereocenters. The van der Waals surface area contributed by atoms with Crippen molar-refractivity contribution in [3.63, 3.8) is 0 Å². The minimum absolute atomic E-state index is 0. The molecule has 0 spiro atoms. The van der Waals surface area contributed by atoms with Gasteiger partial charge in [-0.25, -0.2) is 9.78 Å². The van der Waals surface area contributed by atoms with Crippen LogP contribution in [0.25, 0.3) is 0 Å². The monoisotopic (exact) mass is 239 g/mol. The predicted molar refractivity (Wildman–Crippen MR) is 58.3 cm³/mol. The molecule has 7 heteroatoms. The van der Waals surface area contributed by atoms with Crippen LogP contribution in [0.2, 0.25) is 0 Å². The highest BCUT2D eigenvalue weighted by Crippen LogP contribution is 2.03. The molecular weight excluding hydrogens is 229 g/mol. The quantitative estimate of drug-likeness (QED) is 0.730. The van der Waals surface area contributed by atoms with Crippen molar-refractivity contribution < 1.29 is 9.90 Å². The Bertz CT molecular complexity index is 279. The first-order chi connectivity index (χ1) is 5.72. The van der Waals surface area contributed by atoms with E-state index in [1.165, 1.54) is 6.20 Å². The van der Waals surface area contributed by atoms with E-state index in [1.54, 1.807) is 12.1 Å². The number of pyridine rings is 1. The molecule has 0 aliphatic carbocycles. The molecule has 0 aliphatic heterocycles. The van der Waals surface area contributed by atoms with Crippen LogP contribution in [0.3, 0.4) is 0 Å². The van der Waals surface area contributed by atoms with Gasteiger partial charge in [0.25, 0.3) is 0 Å². The van der Waals surface area contributed by atoms with Gasteiger partial charge in [0, 0.05) is 12.7 Å². The standard InChI is InChI=1S/C7H9N3O2.2ClH/c8-3-5-1-2-6(9-4-5)10-7(11)12;;/h1-2,4H,3,8H2,(H,9,10)(H,11,12);2*1H. The summed E-state index contributed by atoms with van der Waals surface area (Å²) in [6.07, 6.45) is 0.411. The van der Waals surface area contributed by atoms with E-state index in [0.29, 0.717) is 12.4 Å². The van der Waals surface area contributed by atoms with E-state index in [2.05, 4.69) is 10.3 Å². The third-order valence-corrected chi connectivity index (χ3v) is 1.30. The Morgan fingerprint density at radius 2 is 2.14 bits per heavy atom. The molecule has 1 amide bonds. The fourth-order valence-corrected chi connectivity index (χ4v) is 0.729. The molecule has 1 rings (SSSR count). The second-order valence-electron chi connectivity index (χ2n) is 2.19. The molecule has 0 atom stereocenters. The van der Waals surface area contributed by atoms with Gasteiger partial charge < -0.3 is 10.8 Å². The number of nitrogens with two attached hydrogens (primary N) is 1. The third kappa shape index (κ3) is 4.86. The van der Waals surface area contributed by atoms with Crippen LogP contribution in [-0.2, 0) is 6.54 Å². The number of carbonyl (C=O) groups is 1. The van der Waals surface area contributed by atoms with E-state index in [0.717, 1.165) is 5.56 Å². The van der Waals surface area contributed by atoms with Crippen LogP contribution in [0.1, 0.15) is 5.56 Å². The van der Waals surface area contributed by atoms with Gasteiger partial charge in [0.05, 0.1) is 0 Å². The minimum Gasteiger partial charge on any atom is -0.465 e. The summed E-state index contributed by atoms with van der Waals surface area (Å²) >= 11 is 0. The molecule has 1 aromatic heterocycles. The lowest BCUT2D eigenvalue weighted by Gasteiger charge is -1.99. The molecule has 5 nitrogen and oxygen atoms in total. The highest BCUT2D eigenvalue weighted by atomic mass is 35.5. The number of anilines is 1. The number of hydrogen-bond donors (Lipinski definition) is 3. The van der Waals surface area contributed by atoms with Crippen molar-refractivity contribution in [2.45, 2.75) is 6.54 Å². The first kappa shape index (κ1) is 15.4. The number of halogens is 2. The Balaban J connectivity index is 0. The summed E-state index contributed by atoms with van der Waals surface area (Å²) < 4.78 is 0. The predicted octanol–water partition coefficient (Wildman–Crippen LogP) is 1.47. The summed E-state index contributed by atoms with van der Waals surface area (Å²) in [6.45, 7) is 0.403. The smallest absolute Gasteiger partial charge is 0.410 e. The number of amides is 1. The van der Waals surface area contributed by atoms with E-state index in [9.17, 15) is 4.79 Å². The van der Waals surface area contributed by atoms with Crippen LogP contribution in [0.15, 0.2) is 18.3 Å². The average molecular weight is 240 g/mol. The minimum atomic E-state index is -1.12. The van der Waals surface area contributed by atoms with Crippen molar-refractivity contribution in [2.24, 2.45) is 5.73 Å². The number of hydrogen-bond acceptors (Lipinski definition) is 3. The molecule has 0 saturated carbocycles.